The zero-order valence-corrected chi connectivity index (χ0v) is 15.6. The topological polar surface area (TPSA) is 46.2 Å². The fraction of sp³-hybridized carbons (Fsp3) is 0.684. The Morgan fingerprint density at radius 3 is 2.26 bits per heavy atom. The number of amides is 1. The largest absolute Gasteiger partial charge is 0.353 e. The average molecular weight is 340 g/mol. The first kappa shape index (κ1) is 22.0. The minimum absolute atomic E-state index is 0.0264. The summed E-state index contributed by atoms with van der Waals surface area (Å²) >= 11 is 1.05. The number of thioether (sulfide) groups is 1. The van der Waals surface area contributed by atoms with E-state index in [0.717, 1.165) is 31.0 Å². The Kier molecular flexibility index (Phi) is 16.5. The highest BCUT2D eigenvalue weighted by Gasteiger charge is 1.97. The Morgan fingerprint density at radius 2 is 1.52 bits per heavy atom. The number of hydrogen-bond acceptors (Lipinski definition) is 3. The highest BCUT2D eigenvalue weighted by atomic mass is 32.2. The molecule has 0 aromatic carbocycles. The Labute approximate surface area is 146 Å². The maximum atomic E-state index is 11.6. The summed E-state index contributed by atoms with van der Waals surface area (Å²) in [6.07, 6.45) is 16.7. The van der Waals surface area contributed by atoms with Gasteiger partial charge in [0.15, 0.2) is 0 Å². The molecule has 0 spiro atoms. The lowest BCUT2D eigenvalue weighted by Gasteiger charge is -2.02. The number of carbonyl (C=O) groups is 2. The zero-order chi connectivity index (χ0) is 17.2. The first-order valence-corrected chi connectivity index (χ1v) is 9.90. The quantitative estimate of drug-likeness (QED) is 0.342. The summed E-state index contributed by atoms with van der Waals surface area (Å²) < 4.78 is 0. The molecule has 0 aliphatic rings. The van der Waals surface area contributed by atoms with E-state index in [1.165, 1.54) is 51.0 Å². The molecule has 0 saturated heterocycles. The first-order valence-electron chi connectivity index (χ1n) is 9.02. The summed E-state index contributed by atoms with van der Waals surface area (Å²) in [5.74, 6) is -0.120. The highest BCUT2D eigenvalue weighted by molar-refractivity contribution is 8.16. The lowest BCUT2D eigenvalue weighted by Crippen LogP contribution is -2.21. The molecule has 1 N–H and O–H groups in total. The average Bonchev–Trinajstić information content (AvgIpc) is 2.54. The van der Waals surface area contributed by atoms with Crippen LogP contribution in [0.15, 0.2) is 23.6 Å². The van der Waals surface area contributed by atoms with Crippen molar-refractivity contribution in [2.45, 2.75) is 78.1 Å². The molecule has 0 unspecified atom stereocenters. The molecular formula is C19H33NO2S. The second-order valence-corrected chi connectivity index (χ2v) is 6.61. The number of unbranched alkanes of at least 4 members (excludes halogenated alkanes) is 8. The van der Waals surface area contributed by atoms with Crippen molar-refractivity contribution in [3.05, 3.63) is 23.6 Å². The molecule has 0 rings (SSSR count). The van der Waals surface area contributed by atoms with Gasteiger partial charge in [0, 0.05) is 12.6 Å². The van der Waals surface area contributed by atoms with Gasteiger partial charge >= 0.3 is 0 Å². The van der Waals surface area contributed by atoms with Gasteiger partial charge in [-0.15, -0.1) is 0 Å². The van der Waals surface area contributed by atoms with Gasteiger partial charge in [-0.2, -0.15) is 0 Å². The van der Waals surface area contributed by atoms with Crippen LogP contribution in [0.1, 0.15) is 78.1 Å². The number of carbonyl (C=O) groups excluding carboxylic acids is 2. The molecule has 0 atom stereocenters. The molecule has 0 fully saturated rings. The molecular weight excluding hydrogens is 306 g/mol. The minimum atomic E-state index is -0.120. The van der Waals surface area contributed by atoms with E-state index in [1.807, 2.05) is 6.08 Å². The monoisotopic (exact) mass is 339 g/mol. The van der Waals surface area contributed by atoms with Crippen molar-refractivity contribution in [3.63, 3.8) is 0 Å². The fourth-order valence-corrected chi connectivity index (χ4v) is 2.57. The van der Waals surface area contributed by atoms with Gasteiger partial charge in [-0.25, -0.2) is 0 Å². The molecule has 0 aromatic heterocycles. The summed E-state index contributed by atoms with van der Waals surface area (Å²) in [5, 5.41) is 4.38. The third kappa shape index (κ3) is 17.2. The van der Waals surface area contributed by atoms with Crippen LogP contribution in [0.4, 0.5) is 0 Å². The van der Waals surface area contributed by atoms with Gasteiger partial charge in [-0.1, -0.05) is 76.6 Å². The van der Waals surface area contributed by atoms with Crippen LogP contribution in [-0.2, 0) is 9.59 Å². The van der Waals surface area contributed by atoms with E-state index in [4.69, 9.17) is 0 Å². The van der Waals surface area contributed by atoms with E-state index in [1.54, 1.807) is 11.5 Å². The molecule has 0 aliphatic heterocycles. The summed E-state index contributed by atoms with van der Waals surface area (Å²) in [7, 11) is 0. The maximum Gasteiger partial charge on any atom is 0.244 e. The predicted octanol–water partition coefficient (Wildman–Crippen LogP) is 5.37. The third-order valence-electron chi connectivity index (χ3n) is 3.46. The molecule has 1 amide bonds. The number of hydrogen-bond donors (Lipinski definition) is 1. The zero-order valence-electron chi connectivity index (χ0n) is 14.8. The van der Waals surface area contributed by atoms with Gasteiger partial charge in [-0.3, -0.25) is 9.59 Å². The van der Waals surface area contributed by atoms with Gasteiger partial charge in [0.25, 0.3) is 0 Å². The molecule has 0 aromatic rings. The standard InChI is InChI=1S/C19H33NO2S/c1-3-5-7-9-11-13-16-20-18(21)15-17-23-19(22)14-12-10-8-6-4-2/h12,14-15,17H,3-11,13,16H2,1-2H3,(H,20,21). The number of allylic oxidation sites excluding steroid dienone is 1. The van der Waals surface area contributed by atoms with Crippen LogP contribution in [0.2, 0.25) is 0 Å². The Bertz CT molecular complexity index is 364. The van der Waals surface area contributed by atoms with Gasteiger partial charge in [0.1, 0.15) is 0 Å². The third-order valence-corrected chi connectivity index (χ3v) is 4.10. The molecule has 0 radical (unpaired) electrons. The van der Waals surface area contributed by atoms with Crippen LogP contribution in [0.25, 0.3) is 0 Å². The summed E-state index contributed by atoms with van der Waals surface area (Å²) in [6.45, 7) is 5.08. The Hall–Kier alpha value is -1.03. The van der Waals surface area contributed by atoms with Crippen LogP contribution in [0, 0.1) is 0 Å². The molecule has 0 saturated carbocycles. The van der Waals surface area contributed by atoms with E-state index in [2.05, 4.69) is 19.2 Å². The van der Waals surface area contributed by atoms with Gasteiger partial charge in [0.05, 0.1) is 0 Å². The summed E-state index contributed by atoms with van der Waals surface area (Å²) in [6, 6.07) is 0. The van der Waals surface area contributed by atoms with Crippen LogP contribution in [-0.4, -0.2) is 17.6 Å². The van der Waals surface area contributed by atoms with Gasteiger partial charge < -0.3 is 5.32 Å². The van der Waals surface area contributed by atoms with Crippen molar-refractivity contribution in [1.82, 2.24) is 5.32 Å². The summed E-state index contributed by atoms with van der Waals surface area (Å²) in [5.41, 5.74) is 0. The van der Waals surface area contributed by atoms with E-state index < -0.39 is 0 Å². The molecule has 23 heavy (non-hydrogen) atoms. The molecule has 132 valence electrons. The van der Waals surface area contributed by atoms with Crippen molar-refractivity contribution in [3.8, 4) is 0 Å². The van der Waals surface area contributed by atoms with Crippen molar-refractivity contribution in [2.75, 3.05) is 6.54 Å². The Balaban J connectivity index is 3.58. The number of rotatable bonds is 14. The smallest absolute Gasteiger partial charge is 0.244 e. The van der Waals surface area contributed by atoms with Crippen LogP contribution < -0.4 is 5.32 Å². The van der Waals surface area contributed by atoms with E-state index >= 15 is 0 Å². The molecule has 0 bridgehead atoms. The lowest BCUT2D eigenvalue weighted by molar-refractivity contribution is -0.116. The number of nitrogens with one attached hydrogen (secondary N) is 1. The fourth-order valence-electron chi connectivity index (χ4n) is 2.07. The SMILES string of the molecule is CCCCCC=CC(=O)SC=CC(=O)NCCCCCCCC. The molecule has 3 nitrogen and oxygen atoms in total. The Morgan fingerprint density at radius 1 is 0.870 bits per heavy atom. The second-order valence-electron chi connectivity index (χ2n) is 5.70. The van der Waals surface area contributed by atoms with Crippen LogP contribution >= 0.6 is 11.8 Å². The lowest BCUT2D eigenvalue weighted by atomic mass is 10.1. The molecule has 0 aliphatic carbocycles. The predicted molar refractivity (Wildman–Crippen MR) is 101 cm³/mol. The van der Waals surface area contributed by atoms with Gasteiger partial charge in [0.2, 0.25) is 11.0 Å². The first-order chi connectivity index (χ1) is 11.2. The van der Waals surface area contributed by atoms with Crippen LogP contribution in [0.3, 0.4) is 0 Å². The second kappa shape index (κ2) is 17.3. The molecule has 0 heterocycles. The summed E-state index contributed by atoms with van der Waals surface area (Å²) in [4.78, 5) is 23.1. The van der Waals surface area contributed by atoms with Crippen LogP contribution in [0.5, 0.6) is 0 Å². The van der Waals surface area contributed by atoms with Crippen molar-refractivity contribution < 1.29 is 9.59 Å². The van der Waals surface area contributed by atoms with Gasteiger partial charge in [-0.05, 0) is 30.7 Å². The normalized spacial score (nSPS) is 11.4. The van der Waals surface area contributed by atoms with E-state index in [9.17, 15) is 9.59 Å². The van der Waals surface area contributed by atoms with Crippen molar-refractivity contribution in [1.29, 1.82) is 0 Å². The molecule has 4 heteroatoms. The van der Waals surface area contributed by atoms with E-state index in [0.29, 0.717) is 6.54 Å². The minimum Gasteiger partial charge on any atom is -0.353 e. The highest BCUT2D eigenvalue weighted by Crippen LogP contribution is 2.07. The van der Waals surface area contributed by atoms with Crippen molar-refractivity contribution in [2.24, 2.45) is 0 Å². The maximum absolute atomic E-state index is 11.6. The van der Waals surface area contributed by atoms with Crippen molar-refractivity contribution >= 4 is 22.8 Å². The van der Waals surface area contributed by atoms with E-state index in [-0.39, 0.29) is 11.0 Å².